The lowest BCUT2D eigenvalue weighted by Gasteiger charge is -2.33. The molecule has 146 valence electrons. The van der Waals surface area contributed by atoms with Crippen molar-refractivity contribution in [2.45, 2.75) is 45.3 Å². The number of nitrogens with one attached hydrogen (secondary N) is 1. The van der Waals surface area contributed by atoms with Crippen molar-refractivity contribution in [3.63, 3.8) is 0 Å². The fourth-order valence-electron chi connectivity index (χ4n) is 3.18. The van der Waals surface area contributed by atoms with Crippen LogP contribution >= 0.6 is 15.9 Å². The van der Waals surface area contributed by atoms with E-state index in [0.29, 0.717) is 31.6 Å². The number of rotatable bonds is 2. The zero-order valence-electron chi connectivity index (χ0n) is 16.1. The van der Waals surface area contributed by atoms with Crippen molar-refractivity contribution >= 4 is 38.8 Å². The minimum atomic E-state index is -0.503. The molecule has 0 aliphatic carbocycles. The van der Waals surface area contributed by atoms with E-state index in [1.54, 1.807) is 9.58 Å². The summed E-state index contributed by atoms with van der Waals surface area (Å²) >= 11 is 3.44. The van der Waals surface area contributed by atoms with Crippen LogP contribution in [0.15, 0.2) is 22.7 Å². The van der Waals surface area contributed by atoms with Crippen molar-refractivity contribution in [1.82, 2.24) is 20.0 Å². The summed E-state index contributed by atoms with van der Waals surface area (Å²) in [6, 6.07) is 5.76. The lowest BCUT2D eigenvalue weighted by Crippen LogP contribution is -2.47. The monoisotopic (exact) mass is 436 g/mol. The third-order valence-electron chi connectivity index (χ3n) is 4.51. The normalized spacial score (nSPS) is 15.8. The molecule has 0 bridgehead atoms. The molecular weight excluding hydrogens is 412 g/mol. The second-order valence-corrected chi connectivity index (χ2v) is 8.76. The van der Waals surface area contributed by atoms with Gasteiger partial charge >= 0.3 is 6.09 Å². The molecule has 8 heteroatoms. The van der Waals surface area contributed by atoms with Crippen molar-refractivity contribution in [3.05, 3.63) is 28.4 Å². The molecule has 1 N–H and O–H groups in total. The van der Waals surface area contributed by atoms with Gasteiger partial charge in [0.15, 0.2) is 5.69 Å². The fraction of sp³-hybridized carbons (Fsp3) is 0.526. The maximum atomic E-state index is 12.7. The number of aromatic nitrogens is 2. The molecule has 27 heavy (non-hydrogen) atoms. The number of ether oxygens (including phenoxy) is 1. The smallest absolute Gasteiger partial charge is 0.410 e. The second kappa shape index (κ2) is 7.50. The Morgan fingerprint density at radius 1 is 1.26 bits per heavy atom. The Morgan fingerprint density at radius 2 is 1.93 bits per heavy atom. The molecular formula is C19H25BrN4O3. The minimum Gasteiger partial charge on any atom is -0.444 e. The van der Waals surface area contributed by atoms with Crippen LogP contribution in [0.3, 0.4) is 0 Å². The summed E-state index contributed by atoms with van der Waals surface area (Å²) in [5.41, 5.74) is 0.820. The molecule has 2 aromatic rings. The van der Waals surface area contributed by atoms with Crippen molar-refractivity contribution in [2.75, 3.05) is 13.1 Å². The molecule has 0 saturated carbocycles. The first-order valence-corrected chi connectivity index (χ1v) is 9.84. The number of halogens is 1. The number of benzene rings is 1. The quantitative estimate of drug-likeness (QED) is 0.781. The van der Waals surface area contributed by atoms with Crippen LogP contribution in [0.4, 0.5) is 4.79 Å². The highest BCUT2D eigenvalue weighted by atomic mass is 79.9. The number of amides is 2. The average molecular weight is 437 g/mol. The number of carbonyl (C=O) groups excluding carboxylic acids is 2. The number of carbonyl (C=O) groups is 2. The predicted octanol–water partition coefficient (Wildman–Crippen LogP) is 3.47. The van der Waals surface area contributed by atoms with Crippen LogP contribution in [0, 0.1) is 0 Å². The van der Waals surface area contributed by atoms with Gasteiger partial charge in [0.05, 0.1) is 5.52 Å². The Balaban J connectivity index is 1.61. The van der Waals surface area contributed by atoms with Gasteiger partial charge in [0.25, 0.3) is 5.91 Å². The summed E-state index contributed by atoms with van der Waals surface area (Å²) in [5, 5.41) is 8.26. The minimum absolute atomic E-state index is 0.0173. The predicted molar refractivity (Wildman–Crippen MR) is 107 cm³/mol. The Kier molecular flexibility index (Phi) is 5.46. The second-order valence-electron chi connectivity index (χ2n) is 7.85. The molecule has 7 nitrogen and oxygen atoms in total. The maximum absolute atomic E-state index is 12.7. The van der Waals surface area contributed by atoms with Gasteiger partial charge < -0.3 is 15.0 Å². The number of fused-ring (bicyclic) bond motifs is 1. The zero-order chi connectivity index (χ0) is 19.8. The van der Waals surface area contributed by atoms with Gasteiger partial charge in [0, 0.05) is 36.0 Å². The van der Waals surface area contributed by atoms with Gasteiger partial charge in [-0.3, -0.25) is 9.48 Å². The number of likely N-dealkylation sites (tertiary alicyclic amines) is 1. The summed E-state index contributed by atoms with van der Waals surface area (Å²) in [5.74, 6) is -0.182. The van der Waals surface area contributed by atoms with Crippen LogP contribution in [0.1, 0.15) is 44.1 Å². The van der Waals surface area contributed by atoms with Crippen LogP contribution in [0.5, 0.6) is 0 Å². The van der Waals surface area contributed by atoms with E-state index in [0.717, 1.165) is 15.4 Å². The van der Waals surface area contributed by atoms with E-state index in [4.69, 9.17) is 4.74 Å². The van der Waals surface area contributed by atoms with E-state index in [1.807, 2.05) is 46.0 Å². The van der Waals surface area contributed by atoms with E-state index < -0.39 is 5.60 Å². The third-order valence-corrected chi connectivity index (χ3v) is 5.00. The Morgan fingerprint density at radius 3 is 2.56 bits per heavy atom. The van der Waals surface area contributed by atoms with Crippen molar-refractivity contribution in [1.29, 1.82) is 0 Å². The molecule has 3 rings (SSSR count). The van der Waals surface area contributed by atoms with Crippen LogP contribution in [0.2, 0.25) is 0 Å². The number of aryl methyl sites for hydroxylation is 1. The molecule has 1 aromatic carbocycles. The molecule has 0 spiro atoms. The third kappa shape index (κ3) is 4.61. The first-order chi connectivity index (χ1) is 12.6. The molecule has 0 atom stereocenters. The first-order valence-electron chi connectivity index (χ1n) is 9.05. The number of nitrogens with zero attached hydrogens (tertiary/aromatic N) is 3. The van der Waals surface area contributed by atoms with Gasteiger partial charge in [-0.2, -0.15) is 5.10 Å². The van der Waals surface area contributed by atoms with Crippen LogP contribution in [-0.2, 0) is 11.8 Å². The van der Waals surface area contributed by atoms with Crippen molar-refractivity contribution < 1.29 is 14.3 Å². The van der Waals surface area contributed by atoms with E-state index >= 15 is 0 Å². The first kappa shape index (κ1) is 19.7. The van der Waals surface area contributed by atoms with Gasteiger partial charge in [-0.1, -0.05) is 15.9 Å². The molecule has 2 amide bonds. The van der Waals surface area contributed by atoms with E-state index in [2.05, 4.69) is 26.3 Å². The number of hydrogen-bond acceptors (Lipinski definition) is 4. The molecule has 0 unspecified atom stereocenters. The maximum Gasteiger partial charge on any atom is 0.410 e. The summed E-state index contributed by atoms with van der Waals surface area (Å²) in [6.07, 6.45) is 1.09. The van der Waals surface area contributed by atoms with Gasteiger partial charge in [-0.05, 0) is 51.8 Å². The summed E-state index contributed by atoms with van der Waals surface area (Å²) in [7, 11) is 1.82. The Labute approximate surface area is 167 Å². The molecule has 1 saturated heterocycles. The van der Waals surface area contributed by atoms with E-state index in [-0.39, 0.29) is 18.0 Å². The molecule has 0 radical (unpaired) electrons. The van der Waals surface area contributed by atoms with Crippen LogP contribution in [-0.4, -0.2) is 51.4 Å². The molecule has 1 aromatic heterocycles. The van der Waals surface area contributed by atoms with Gasteiger partial charge in [0.1, 0.15) is 5.60 Å². The zero-order valence-corrected chi connectivity index (χ0v) is 17.7. The largest absolute Gasteiger partial charge is 0.444 e. The molecule has 2 heterocycles. The summed E-state index contributed by atoms with van der Waals surface area (Å²) in [6.45, 7) is 6.69. The van der Waals surface area contributed by atoms with Gasteiger partial charge in [-0.25, -0.2) is 4.79 Å². The number of hydrogen-bond donors (Lipinski definition) is 1. The molecule has 1 fully saturated rings. The highest BCUT2D eigenvalue weighted by Gasteiger charge is 2.28. The van der Waals surface area contributed by atoms with Crippen molar-refractivity contribution in [2.24, 2.45) is 7.05 Å². The van der Waals surface area contributed by atoms with Gasteiger partial charge in [0.2, 0.25) is 0 Å². The van der Waals surface area contributed by atoms with Crippen LogP contribution in [0.25, 0.3) is 10.9 Å². The van der Waals surface area contributed by atoms with E-state index in [1.165, 1.54) is 0 Å². The lowest BCUT2D eigenvalue weighted by atomic mass is 10.0. The topological polar surface area (TPSA) is 76.5 Å². The highest BCUT2D eigenvalue weighted by molar-refractivity contribution is 9.10. The van der Waals surface area contributed by atoms with Crippen LogP contribution < -0.4 is 5.32 Å². The Bertz CT molecular complexity index is 864. The summed E-state index contributed by atoms with van der Waals surface area (Å²) < 4.78 is 8.06. The molecule has 1 aliphatic rings. The highest BCUT2D eigenvalue weighted by Crippen LogP contribution is 2.23. The average Bonchev–Trinajstić information content (AvgIpc) is 2.90. The Hall–Kier alpha value is -2.09. The SMILES string of the molecule is Cn1nc(C(=O)NC2CCN(C(=O)OC(C)(C)C)CC2)c2ccc(Br)cc21. The summed E-state index contributed by atoms with van der Waals surface area (Å²) in [4.78, 5) is 26.6. The lowest BCUT2D eigenvalue weighted by molar-refractivity contribution is 0.0199. The number of piperidine rings is 1. The van der Waals surface area contributed by atoms with Crippen molar-refractivity contribution in [3.8, 4) is 0 Å². The van der Waals surface area contributed by atoms with Gasteiger partial charge in [-0.15, -0.1) is 0 Å². The van der Waals surface area contributed by atoms with E-state index in [9.17, 15) is 9.59 Å². The fourth-order valence-corrected chi connectivity index (χ4v) is 3.53. The standard InChI is InChI=1S/C19H25BrN4O3/c1-19(2,3)27-18(26)24-9-7-13(8-10-24)21-17(25)16-14-6-5-12(20)11-15(14)23(4)22-16/h5-6,11,13H,7-10H2,1-4H3,(H,21,25). The molecule has 1 aliphatic heterocycles.